The Morgan fingerprint density at radius 1 is 1.00 bits per heavy atom. The number of anilines is 1. The molecule has 1 aliphatic rings. The molecule has 160 valence electrons. The first-order valence-electron chi connectivity index (χ1n) is 10.3. The van der Waals surface area contributed by atoms with Crippen LogP contribution in [0.25, 0.3) is 21.3 Å². The van der Waals surface area contributed by atoms with Crippen LogP contribution in [0, 0.1) is 5.82 Å². The largest absolute Gasteiger partial charge is 0.327 e. The van der Waals surface area contributed by atoms with Gasteiger partial charge in [0.2, 0.25) is 11.0 Å². The highest BCUT2D eigenvalue weighted by Gasteiger charge is 2.35. The summed E-state index contributed by atoms with van der Waals surface area (Å²) in [7, 11) is 0. The maximum absolute atomic E-state index is 13.2. The monoisotopic (exact) mass is 446 g/mol. The number of fused-ring (bicyclic) bond motifs is 1. The predicted octanol–water partition coefficient (Wildman–Crippen LogP) is 4.74. The fourth-order valence-electron chi connectivity index (χ4n) is 3.94. The first-order valence-corrected chi connectivity index (χ1v) is 11.1. The van der Waals surface area contributed by atoms with Crippen molar-refractivity contribution in [2.45, 2.75) is 18.9 Å². The van der Waals surface area contributed by atoms with Crippen LogP contribution in [-0.2, 0) is 4.79 Å². The first-order chi connectivity index (χ1) is 15.6. The van der Waals surface area contributed by atoms with E-state index >= 15 is 0 Å². The van der Waals surface area contributed by atoms with Crippen molar-refractivity contribution < 1.29 is 14.0 Å². The van der Waals surface area contributed by atoms with Crippen LogP contribution in [0.3, 0.4) is 0 Å². The molecule has 32 heavy (non-hydrogen) atoms. The van der Waals surface area contributed by atoms with E-state index in [1.54, 1.807) is 23.1 Å². The van der Waals surface area contributed by atoms with Crippen molar-refractivity contribution >= 4 is 39.1 Å². The lowest BCUT2D eigenvalue weighted by atomic mass is 10.1. The Balaban J connectivity index is 1.31. The van der Waals surface area contributed by atoms with Crippen molar-refractivity contribution in [3.63, 3.8) is 0 Å². The second kappa shape index (κ2) is 8.47. The smallest absolute Gasteiger partial charge is 0.254 e. The third kappa shape index (κ3) is 3.97. The number of nitrogens with zero attached hydrogens (tertiary/aromatic N) is 3. The van der Waals surface area contributed by atoms with Gasteiger partial charge >= 0.3 is 0 Å². The third-order valence-electron chi connectivity index (χ3n) is 5.56. The van der Waals surface area contributed by atoms with Crippen LogP contribution >= 0.6 is 11.3 Å². The standard InChI is InChI=1S/C24H19FN4O2S/c25-19-11-9-16(10-12-19)22-27-28-24(32-22)26-21(30)20-6-3-13-29(20)23(31)18-8-7-15-4-1-2-5-17(15)14-18/h1-2,4-5,7-12,14,20H,3,6,13H2,(H,26,28,30). The topological polar surface area (TPSA) is 75.2 Å². The van der Waals surface area contributed by atoms with Gasteiger partial charge in [-0.15, -0.1) is 10.2 Å². The molecule has 0 radical (unpaired) electrons. The average Bonchev–Trinajstić information content (AvgIpc) is 3.49. The van der Waals surface area contributed by atoms with Crippen molar-refractivity contribution in [1.29, 1.82) is 0 Å². The van der Waals surface area contributed by atoms with Gasteiger partial charge in [-0.1, -0.05) is 41.7 Å². The van der Waals surface area contributed by atoms with Gasteiger partial charge in [-0.2, -0.15) is 0 Å². The number of benzene rings is 3. The Kier molecular flexibility index (Phi) is 5.36. The molecule has 0 spiro atoms. The summed E-state index contributed by atoms with van der Waals surface area (Å²) in [4.78, 5) is 27.7. The highest BCUT2D eigenvalue weighted by Crippen LogP contribution is 2.28. The van der Waals surface area contributed by atoms with Crippen LogP contribution in [0.1, 0.15) is 23.2 Å². The van der Waals surface area contributed by atoms with Gasteiger partial charge in [-0.05, 0) is 60.0 Å². The molecule has 6 nitrogen and oxygen atoms in total. The van der Waals surface area contributed by atoms with E-state index in [4.69, 9.17) is 0 Å². The second-order valence-electron chi connectivity index (χ2n) is 7.63. The molecule has 1 aromatic heterocycles. The summed E-state index contributed by atoms with van der Waals surface area (Å²) < 4.78 is 13.1. The highest BCUT2D eigenvalue weighted by molar-refractivity contribution is 7.18. The van der Waals surface area contributed by atoms with E-state index in [0.29, 0.717) is 28.7 Å². The molecular weight excluding hydrogens is 427 g/mol. The zero-order valence-corrected chi connectivity index (χ0v) is 17.8. The SMILES string of the molecule is O=C(Nc1nnc(-c2ccc(F)cc2)s1)C1CCCN1C(=O)c1ccc2ccccc2c1. The van der Waals surface area contributed by atoms with E-state index in [-0.39, 0.29) is 17.6 Å². The van der Waals surface area contributed by atoms with Crippen LogP contribution in [-0.4, -0.2) is 39.5 Å². The third-order valence-corrected chi connectivity index (χ3v) is 6.45. The fraction of sp³-hybridized carbons (Fsp3) is 0.167. The Labute approximate surface area is 187 Å². The van der Waals surface area contributed by atoms with Crippen LogP contribution < -0.4 is 5.32 Å². The van der Waals surface area contributed by atoms with E-state index in [1.807, 2.05) is 36.4 Å². The lowest BCUT2D eigenvalue weighted by Crippen LogP contribution is -2.43. The highest BCUT2D eigenvalue weighted by atomic mass is 32.1. The van der Waals surface area contributed by atoms with Gasteiger partial charge in [-0.3, -0.25) is 14.9 Å². The van der Waals surface area contributed by atoms with Crippen LogP contribution in [0.2, 0.25) is 0 Å². The zero-order chi connectivity index (χ0) is 22.1. The predicted molar refractivity (Wildman–Crippen MR) is 122 cm³/mol. The van der Waals surface area contributed by atoms with Crippen molar-refractivity contribution in [3.8, 4) is 10.6 Å². The molecule has 8 heteroatoms. The summed E-state index contributed by atoms with van der Waals surface area (Å²) in [5.41, 5.74) is 1.29. The van der Waals surface area contributed by atoms with Gasteiger partial charge in [-0.25, -0.2) is 4.39 Å². The number of carbonyl (C=O) groups excluding carboxylic acids is 2. The van der Waals surface area contributed by atoms with Gasteiger partial charge in [0, 0.05) is 17.7 Å². The molecule has 1 aliphatic heterocycles. The lowest BCUT2D eigenvalue weighted by molar-refractivity contribution is -0.119. The van der Waals surface area contributed by atoms with Crippen LogP contribution in [0.15, 0.2) is 66.7 Å². The number of carbonyl (C=O) groups is 2. The molecular formula is C24H19FN4O2S. The summed E-state index contributed by atoms with van der Waals surface area (Å²) in [6.07, 6.45) is 1.35. The molecule has 1 atom stereocenters. The molecule has 0 aliphatic carbocycles. The van der Waals surface area contributed by atoms with E-state index in [1.165, 1.54) is 23.5 Å². The Morgan fingerprint density at radius 3 is 2.59 bits per heavy atom. The van der Waals surface area contributed by atoms with E-state index in [2.05, 4.69) is 15.5 Å². The number of halogens is 1. The molecule has 1 fully saturated rings. The van der Waals surface area contributed by atoms with Crippen LogP contribution in [0.4, 0.5) is 9.52 Å². The fourth-order valence-corrected chi connectivity index (χ4v) is 4.69. The van der Waals surface area contributed by atoms with E-state index < -0.39 is 6.04 Å². The van der Waals surface area contributed by atoms with Gasteiger partial charge < -0.3 is 4.90 Å². The Morgan fingerprint density at radius 2 is 1.78 bits per heavy atom. The summed E-state index contributed by atoms with van der Waals surface area (Å²) in [6, 6.07) is 18.8. The summed E-state index contributed by atoms with van der Waals surface area (Å²) in [5, 5.41) is 13.9. The minimum Gasteiger partial charge on any atom is -0.327 e. The zero-order valence-electron chi connectivity index (χ0n) is 17.0. The molecule has 2 heterocycles. The number of likely N-dealkylation sites (tertiary alicyclic amines) is 1. The number of hydrogen-bond donors (Lipinski definition) is 1. The molecule has 1 unspecified atom stereocenters. The molecule has 1 saturated heterocycles. The summed E-state index contributed by atoms with van der Waals surface area (Å²) in [6.45, 7) is 0.528. The second-order valence-corrected chi connectivity index (χ2v) is 8.60. The lowest BCUT2D eigenvalue weighted by Gasteiger charge is -2.23. The average molecular weight is 447 g/mol. The van der Waals surface area contributed by atoms with Crippen molar-refractivity contribution in [1.82, 2.24) is 15.1 Å². The molecule has 2 amide bonds. The van der Waals surface area contributed by atoms with Gasteiger partial charge in [0.05, 0.1) is 0 Å². The summed E-state index contributed by atoms with van der Waals surface area (Å²) in [5.74, 6) is -0.764. The van der Waals surface area contributed by atoms with Gasteiger partial charge in [0.25, 0.3) is 5.91 Å². The quantitative estimate of drug-likeness (QED) is 0.491. The number of rotatable bonds is 4. The number of hydrogen-bond acceptors (Lipinski definition) is 5. The van der Waals surface area contributed by atoms with E-state index in [0.717, 1.165) is 22.8 Å². The molecule has 0 saturated carbocycles. The normalized spacial score (nSPS) is 15.8. The number of aromatic nitrogens is 2. The minimum absolute atomic E-state index is 0.155. The summed E-state index contributed by atoms with van der Waals surface area (Å²) >= 11 is 1.21. The molecule has 3 aromatic carbocycles. The molecule has 4 aromatic rings. The first kappa shape index (κ1) is 20.3. The minimum atomic E-state index is -0.563. The van der Waals surface area contributed by atoms with Crippen LogP contribution in [0.5, 0.6) is 0 Å². The van der Waals surface area contributed by atoms with Crippen molar-refractivity contribution in [2.75, 3.05) is 11.9 Å². The van der Waals surface area contributed by atoms with Crippen molar-refractivity contribution in [2.24, 2.45) is 0 Å². The number of amides is 2. The maximum Gasteiger partial charge on any atom is 0.254 e. The number of nitrogens with one attached hydrogen (secondary N) is 1. The van der Waals surface area contributed by atoms with Crippen molar-refractivity contribution in [3.05, 3.63) is 78.1 Å². The van der Waals surface area contributed by atoms with E-state index in [9.17, 15) is 14.0 Å². The van der Waals surface area contributed by atoms with Gasteiger partial charge in [0.1, 0.15) is 16.9 Å². The molecule has 5 rings (SSSR count). The molecule has 1 N–H and O–H groups in total. The Bertz CT molecular complexity index is 1300. The Hall–Kier alpha value is -3.65. The molecule has 0 bridgehead atoms. The maximum atomic E-state index is 13.2. The van der Waals surface area contributed by atoms with Gasteiger partial charge in [0.15, 0.2) is 0 Å².